The van der Waals surface area contributed by atoms with Crippen molar-refractivity contribution in [1.29, 1.82) is 0 Å². The summed E-state index contributed by atoms with van der Waals surface area (Å²) < 4.78 is 43.2. The number of rotatable bonds is 3. The third kappa shape index (κ3) is 4.04. The maximum Gasteiger partial charge on any atom is 0.410 e. The second-order valence-electron chi connectivity index (χ2n) is 9.40. The number of piperidine rings is 1. The molecule has 1 aromatic carbocycles. The molecular weight excluding hydrogens is 413 g/mol. The number of carbonyl (C=O) groups is 2. The van der Waals surface area contributed by atoms with Crippen molar-refractivity contribution >= 4 is 21.9 Å². The van der Waals surface area contributed by atoms with Gasteiger partial charge in [-0.1, -0.05) is 0 Å². The number of nitrogens with zero attached hydrogens (tertiary/aromatic N) is 1. The Kier molecular flexibility index (Phi) is 5.64. The molecule has 1 amide bonds. The van der Waals surface area contributed by atoms with E-state index in [4.69, 9.17) is 4.74 Å². The fraction of sp³-hybridized carbons (Fsp3) is 0.619. The van der Waals surface area contributed by atoms with E-state index in [9.17, 15) is 27.5 Å². The smallest absolute Gasteiger partial charge is 0.410 e. The first-order valence-corrected chi connectivity index (χ1v) is 11.5. The quantitative estimate of drug-likeness (QED) is 0.719. The largest absolute Gasteiger partial charge is 0.480 e. The molecule has 30 heavy (non-hydrogen) atoms. The summed E-state index contributed by atoms with van der Waals surface area (Å²) in [6.07, 6.45) is 1.03. The number of ether oxygens (including phenoxy) is 1. The number of halogens is 1. The van der Waals surface area contributed by atoms with Crippen LogP contribution in [0, 0.1) is 11.2 Å². The van der Waals surface area contributed by atoms with Crippen molar-refractivity contribution < 1.29 is 32.2 Å². The van der Waals surface area contributed by atoms with Crippen molar-refractivity contribution in [1.82, 2.24) is 4.90 Å². The first kappa shape index (κ1) is 22.5. The van der Waals surface area contributed by atoms with E-state index < -0.39 is 43.5 Å². The molecule has 1 atom stereocenters. The molecule has 2 aliphatic rings. The van der Waals surface area contributed by atoms with Gasteiger partial charge in [-0.05, 0) is 82.6 Å². The van der Waals surface area contributed by atoms with Gasteiger partial charge < -0.3 is 14.7 Å². The number of carboxylic acid groups (broad SMARTS) is 1. The Morgan fingerprint density at radius 2 is 1.63 bits per heavy atom. The highest BCUT2D eigenvalue weighted by Gasteiger charge is 2.61. The zero-order valence-corrected chi connectivity index (χ0v) is 18.3. The van der Waals surface area contributed by atoms with E-state index in [1.165, 1.54) is 0 Å². The van der Waals surface area contributed by atoms with Gasteiger partial charge in [0.25, 0.3) is 0 Å². The maximum absolute atomic E-state index is 13.3. The molecular formula is C21H28FNO6S. The van der Waals surface area contributed by atoms with Crippen LogP contribution in [-0.2, 0) is 19.4 Å². The lowest BCUT2D eigenvalue weighted by Crippen LogP contribution is -2.48. The van der Waals surface area contributed by atoms with Gasteiger partial charge in [-0.15, -0.1) is 0 Å². The maximum atomic E-state index is 13.3. The third-order valence-electron chi connectivity index (χ3n) is 6.22. The zero-order chi connectivity index (χ0) is 22.4. The van der Waals surface area contributed by atoms with Gasteiger partial charge in [0.2, 0.25) is 0 Å². The lowest BCUT2D eigenvalue weighted by atomic mass is 9.76. The second kappa shape index (κ2) is 7.51. The van der Waals surface area contributed by atoms with E-state index in [1.807, 2.05) is 0 Å². The van der Waals surface area contributed by atoms with E-state index in [2.05, 4.69) is 0 Å². The molecule has 1 saturated heterocycles. The number of aliphatic carboxylic acids is 1. The van der Waals surface area contributed by atoms with E-state index in [-0.39, 0.29) is 17.7 Å². The summed E-state index contributed by atoms with van der Waals surface area (Å²) >= 11 is 0. The highest BCUT2D eigenvalue weighted by atomic mass is 32.2. The molecule has 1 N–H and O–H groups in total. The number of amides is 1. The van der Waals surface area contributed by atoms with E-state index >= 15 is 0 Å². The van der Waals surface area contributed by atoms with E-state index in [0.29, 0.717) is 32.4 Å². The predicted molar refractivity (Wildman–Crippen MR) is 107 cm³/mol. The Morgan fingerprint density at radius 3 is 2.13 bits per heavy atom. The molecule has 166 valence electrons. The molecule has 2 fully saturated rings. The number of hydrogen-bond donors (Lipinski definition) is 1. The molecule has 0 aromatic heterocycles. The lowest BCUT2D eigenvalue weighted by Gasteiger charge is -2.40. The summed E-state index contributed by atoms with van der Waals surface area (Å²) in [6, 6.07) is 4.27. The number of sulfone groups is 1. The molecule has 1 spiro atoms. The molecule has 3 rings (SSSR count). The third-order valence-corrected chi connectivity index (χ3v) is 8.67. The van der Waals surface area contributed by atoms with Crippen LogP contribution in [0.15, 0.2) is 29.2 Å². The van der Waals surface area contributed by atoms with Crippen LogP contribution in [0.2, 0.25) is 0 Å². The van der Waals surface area contributed by atoms with Crippen LogP contribution < -0.4 is 0 Å². The van der Waals surface area contributed by atoms with Crippen molar-refractivity contribution in [2.45, 2.75) is 68.1 Å². The van der Waals surface area contributed by atoms with Crippen LogP contribution in [0.25, 0.3) is 0 Å². The molecule has 9 heteroatoms. The van der Waals surface area contributed by atoms with Crippen molar-refractivity contribution in [2.75, 3.05) is 13.1 Å². The monoisotopic (exact) mass is 441 g/mol. The first-order chi connectivity index (χ1) is 13.8. The standard InChI is InChI=1S/C21H28FNO6S/c1-19(2,3)29-18(26)23-12-10-20(11-13-23)8-9-21(14-20,17(24)25)30(27,28)16-6-4-15(22)5-7-16/h4-7H,8-14H2,1-3H3,(H,24,25). The Morgan fingerprint density at radius 1 is 1.07 bits per heavy atom. The minimum Gasteiger partial charge on any atom is -0.480 e. The second-order valence-corrected chi connectivity index (χ2v) is 11.7. The van der Waals surface area contributed by atoms with Gasteiger partial charge in [-0.2, -0.15) is 0 Å². The SMILES string of the molecule is CC(C)(C)OC(=O)N1CCC2(CC1)CCC(C(=O)O)(S(=O)(=O)c1ccc(F)cc1)C2. The van der Waals surface area contributed by atoms with Crippen molar-refractivity contribution in [3.63, 3.8) is 0 Å². The van der Waals surface area contributed by atoms with Crippen LogP contribution >= 0.6 is 0 Å². The summed E-state index contributed by atoms with van der Waals surface area (Å²) in [5.74, 6) is -1.96. The molecule has 1 aliphatic heterocycles. The van der Waals surface area contributed by atoms with Crippen LogP contribution in [0.3, 0.4) is 0 Å². The summed E-state index contributed by atoms with van der Waals surface area (Å²) in [6.45, 7) is 6.14. The summed E-state index contributed by atoms with van der Waals surface area (Å²) in [7, 11) is -4.22. The zero-order valence-electron chi connectivity index (χ0n) is 17.5. The lowest BCUT2D eigenvalue weighted by molar-refractivity contribution is -0.140. The van der Waals surface area contributed by atoms with Crippen molar-refractivity contribution in [3.8, 4) is 0 Å². The van der Waals surface area contributed by atoms with Gasteiger partial charge in [0.15, 0.2) is 14.6 Å². The van der Waals surface area contributed by atoms with Crippen LogP contribution in [0.4, 0.5) is 9.18 Å². The van der Waals surface area contributed by atoms with Crippen molar-refractivity contribution in [3.05, 3.63) is 30.1 Å². The van der Waals surface area contributed by atoms with Crippen molar-refractivity contribution in [2.24, 2.45) is 5.41 Å². The van der Waals surface area contributed by atoms with E-state index in [1.54, 1.807) is 25.7 Å². The summed E-state index contributed by atoms with van der Waals surface area (Å²) in [5.41, 5.74) is -1.08. The van der Waals surface area contributed by atoms with E-state index in [0.717, 1.165) is 24.3 Å². The molecule has 0 bridgehead atoms. The predicted octanol–water partition coefficient (Wildman–Crippen LogP) is 3.62. The summed E-state index contributed by atoms with van der Waals surface area (Å²) in [5, 5.41) is 9.96. The van der Waals surface area contributed by atoms with Gasteiger partial charge in [0.1, 0.15) is 11.4 Å². The topological polar surface area (TPSA) is 101 Å². The molecule has 1 aromatic rings. The van der Waals surface area contributed by atoms with Gasteiger partial charge in [-0.3, -0.25) is 4.79 Å². The minimum atomic E-state index is -4.22. The number of carbonyl (C=O) groups excluding carboxylic acids is 1. The highest BCUT2D eigenvalue weighted by Crippen LogP contribution is 2.55. The van der Waals surface area contributed by atoms with Crippen LogP contribution in [0.5, 0.6) is 0 Å². The van der Waals surface area contributed by atoms with Crippen LogP contribution in [0.1, 0.15) is 52.9 Å². The molecule has 7 nitrogen and oxygen atoms in total. The average Bonchev–Trinajstić information content (AvgIpc) is 3.02. The van der Waals surface area contributed by atoms with Gasteiger partial charge >= 0.3 is 12.1 Å². The number of likely N-dealkylation sites (tertiary alicyclic amines) is 1. The summed E-state index contributed by atoms with van der Waals surface area (Å²) in [4.78, 5) is 25.9. The van der Waals surface area contributed by atoms with Gasteiger partial charge in [0, 0.05) is 13.1 Å². The first-order valence-electron chi connectivity index (χ1n) is 10.0. The molecule has 1 unspecified atom stereocenters. The Balaban J connectivity index is 1.80. The fourth-order valence-corrected chi connectivity index (χ4v) is 6.58. The number of hydrogen-bond acceptors (Lipinski definition) is 5. The Hall–Kier alpha value is -2.16. The fourth-order valence-electron chi connectivity index (χ4n) is 4.53. The van der Waals surface area contributed by atoms with Gasteiger partial charge in [0.05, 0.1) is 4.90 Å². The van der Waals surface area contributed by atoms with Crippen LogP contribution in [-0.4, -0.2) is 53.9 Å². The van der Waals surface area contributed by atoms with Gasteiger partial charge in [-0.25, -0.2) is 17.6 Å². The average molecular weight is 442 g/mol. The number of benzene rings is 1. The Labute approximate surface area is 176 Å². The molecule has 1 aliphatic carbocycles. The molecule has 1 heterocycles. The number of carboxylic acids is 1. The highest BCUT2D eigenvalue weighted by molar-refractivity contribution is 7.93. The molecule has 1 saturated carbocycles. The Bertz CT molecular complexity index is 929. The normalized spacial score (nSPS) is 24.1. The minimum absolute atomic E-state index is 0.00548. The molecule has 0 radical (unpaired) electrons.